The molecule has 15 heavy (non-hydrogen) atoms. The lowest BCUT2D eigenvalue weighted by Gasteiger charge is -2.22. The van der Waals surface area contributed by atoms with Gasteiger partial charge in [0.05, 0.1) is 0 Å². The van der Waals surface area contributed by atoms with Gasteiger partial charge in [-0.15, -0.1) is 0 Å². The zero-order chi connectivity index (χ0) is 10.5. The molecule has 2 rings (SSSR count). The Bertz CT molecular complexity index is 307. The molecular weight excluding hydrogens is 188 g/mol. The summed E-state index contributed by atoms with van der Waals surface area (Å²) < 4.78 is 0. The standard InChI is InChI=1S/C11H18N4/c12-5-3-11-14-7-4-10(15-11)9-2-1-6-13-8-9/h4,7,9,13H,1-3,5-6,8,12H2. The quantitative estimate of drug-likeness (QED) is 0.753. The Labute approximate surface area is 90.3 Å². The van der Waals surface area contributed by atoms with Crippen LogP contribution >= 0.6 is 0 Å². The molecule has 0 bridgehead atoms. The Morgan fingerprint density at radius 3 is 3.20 bits per heavy atom. The van der Waals surface area contributed by atoms with Gasteiger partial charge in [0, 0.05) is 30.8 Å². The van der Waals surface area contributed by atoms with Crippen molar-refractivity contribution < 1.29 is 0 Å². The van der Waals surface area contributed by atoms with Crippen molar-refractivity contribution in [1.82, 2.24) is 15.3 Å². The molecule has 1 saturated heterocycles. The van der Waals surface area contributed by atoms with Gasteiger partial charge in [0.1, 0.15) is 5.82 Å². The van der Waals surface area contributed by atoms with Crippen LogP contribution < -0.4 is 11.1 Å². The molecule has 82 valence electrons. The average molecular weight is 206 g/mol. The molecule has 4 heteroatoms. The highest BCUT2D eigenvalue weighted by molar-refractivity contribution is 5.10. The SMILES string of the molecule is NCCc1nccc(C2CCCNC2)n1. The van der Waals surface area contributed by atoms with Crippen molar-refractivity contribution in [3.8, 4) is 0 Å². The van der Waals surface area contributed by atoms with Crippen LogP contribution in [0.15, 0.2) is 12.3 Å². The zero-order valence-electron chi connectivity index (χ0n) is 8.95. The van der Waals surface area contributed by atoms with Crippen LogP contribution in [0.4, 0.5) is 0 Å². The second kappa shape index (κ2) is 5.19. The van der Waals surface area contributed by atoms with E-state index >= 15 is 0 Å². The first-order valence-corrected chi connectivity index (χ1v) is 5.63. The number of aromatic nitrogens is 2. The maximum atomic E-state index is 5.50. The van der Waals surface area contributed by atoms with Gasteiger partial charge in [-0.2, -0.15) is 0 Å². The molecule has 1 aliphatic heterocycles. The summed E-state index contributed by atoms with van der Waals surface area (Å²) in [5.74, 6) is 1.43. The number of hydrogen-bond donors (Lipinski definition) is 2. The van der Waals surface area contributed by atoms with Crippen molar-refractivity contribution >= 4 is 0 Å². The maximum absolute atomic E-state index is 5.50. The highest BCUT2D eigenvalue weighted by Gasteiger charge is 2.16. The van der Waals surface area contributed by atoms with Gasteiger partial charge >= 0.3 is 0 Å². The molecule has 1 aromatic heterocycles. The van der Waals surface area contributed by atoms with Crippen molar-refractivity contribution in [2.75, 3.05) is 19.6 Å². The normalized spacial score (nSPS) is 21.5. The lowest BCUT2D eigenvalue weighted by atomic mass is 9.96. The van der Waals surface area contributed by atoms with Gasteiger partial charge in [0.25, 0.3) is 0 Å². The second-order valence-corrected chi connectivity index (χ2v) is 3.98. The van der Waals surface area contributed by atoms with Crippen LogP contribution in [0.2, 0.25) is 0 Å². The second-order valence-electron chi connectivity index (χ2n) is 3.98. The predicted octanol–water partition coefficient (Wildman–Crippen LogP) is 0.445. The molecule has 1 fully saturated rings. The van der Waals surface area contributed by atoms with Crippen LogP contribution in [0, 0.1) is 0 Å². The molecule has 1 aliphatic rings. The van der Waals surface area contributed by atoms with Crippen LogP contribution in [-0.4, -0.2) is 29.6 Å². The fourth-order valence-electron chi connectivity index (χ4n) is 2.00. The van der Waals surface area contributed by atoms with E-state index in [1.54, 1.807) is 0 Å². The van der Waals surface area contributed by atoms with Crippen LogP contribution in [0.3, 0.4) is 0 Å². The van der Waals surface area contributed by atoms with E-state index in [1.165, 1.54) is 18.5 Å². The van der Waals surface area contributed by atoms with Crippen molar-refractivity contribution in [3.63, 3.8) is 0 Å². The molecule has 2 heterocycles. The van der Waals surface area contributed by atoms with Crippen LogP contribution in [0.25, 0.3) is 0 Å². The summed E-state index contributed by atoms with van der Waals surface area (Å²) in [7, 11) is 0. The van der Waals surface area contributed by atoms with E-state index in [4.69, 9.17) is 5.73 Å². The number of hydrogen-bond acceptors (Lipinski definition) is 4. The van der Waals surface area contributed by atoms with Gasteiger partial charge in [0.15, 0.2) is 0 Å². The molecular formula is C11H18N4. The average Bonchev–Trinajstić information content (AvgIpc) is 2.31. The minimum absolute atomic E-state index is 0.554. The Morgan fingerprint density at radius 1 is 1.53 bits per heavy atom. The molecule has 0 aromatic carbocycles. The highest BCUT2D eigenvalue weighted by atomic mass is 14.9. The van der Waals surface area contributed by atoms with E-state index < -0.39 is 0 Å². The number of nitrogens with two attached hydrogens (primary N) is 1. The summed E-state index contributed by atoms with van der Waals surface area (Å²) in [5, 5.41) is 3.40. The summed E-state index contributed by atoms with van der Waals surface area (Å²) in [5.41, 5.74) is 6.66. The summed E-state index contributed by atoms with van der Waals surface area (Å²) in [4.78, 5) is 8.77. The Morgan fingerprint density at radius 2 is 2.47 bits per heavy atom. The topological polar surface area (TPSA) is 63.8 Å². The third-order valence-electron chi connectivity index (χ3n) is 2.81. The minimum Gasteiger partial charge on any atom is -0.330 e. The van der Waals surface area contributed by atoms with Gasteiger partial charge < -0.3 is 11.1 Å². The molecule has 0 aliphatic carbocycles. The van der Waals surface area contributed by atoms with Crippen LogP contribution in [0.5, 0.6) is 0 Å². The Balaban J connectivity index is 2.09. The molecule has 4 nitrogen and oxygen atoms in total. The number of nitrogens with zero attached hydrogens (tertiary/aromatic N) is 2. The van der Waals surface area contributed by atoms with E-state index in [2.05, 4.69) is 15.3 Å². The maximum Gasteiger partial charge on any atom is 0.129 e. The molecule has 1 unspecified atom stereocenters. The molecule has 0 spiro atoms. The molecule has 1 atom stereocenters. The summed E-state index contributed by atoms with van der Waals surface area (Å²) >= 11 is 0. The monoisotopic (exact) mass is 206 g/mol. The van der Waals surface area contributed by atoms with Gasteiger partial charge in [0.2, 0.25) is 0 Å². The molecule has 3 N–H and O–H groups in total. The van der Waals surface area contributed by atoms with Gasteiger partial charge in [-0.05, 0) is 32.0 Å². The van der Waals surface area contributed by atoms with Gasteiger partial charge in [-0.3, -0.25) is 0 Å². The third kappa shape index (κ3) is 2.73. The van der Waals surface area contributed by atoms with Crippen LogP contribution in [-0.2, 0) is 6.42 Å². The predicted molar refractivity (Wildman–Crippen MR) is 59.6 cm³/mol. The van der Waals surface area contributed by atoms with E-state index in [-0.39, 0.29) is 0 Å². The summed E-state index contributed by atoms with van der Waals surface area (Å²) in [6, 6.07) is 2.03. The van der Waals surface area contributed by atoms with E-state index in [1.807, 2.05) is 12.3 Å². The fraction of sp³-hybridized carbons (Fsp3) is 0.636. The van der Waals surface area contributed by atoms with Gasteiger partial charge in [-0.25, -0.2) is 9.97 Å². The van der Waals surface area contributed by atoms with E-state index in [0.717, 1.165) is 25.3 Å². The number of rotatable bonds is 3. The first-order valence-electron chi connectivity index (χ1n) is 5.63. The molecule has 1 aromatic rings. The molecule has 0 radical (unpaired) electrons. The van der Waals surface area contributed by atoms with E-state index in [9.17, 15) is 0 Å². The Kier molecular flexibility index (Phi) is 3.64. The Hall–Kier alpha value is -1.00. The lowest BCUT2D eigenvalue weighted by molar-refractivity contribution is 0.453. The van der Waals surface area contributed by atoms with E-state index in [0.29, 0.717) is 12.5 Å². The summed E-state index contributed by atoms with van der Waals surface area (Å²) in [6.07, 6.45) is 5.09. The lowest BCUT2D eigenvalue weighted by Crippen LogP contribution is -2.29. The first-order chi connectivity index (χ1) is 7.40. The highest BCUT2D eigenvalue weighted by Crippen LogP contribution is 2.20. The zero-order valence-corrected chi connectivity index (χ0v) is 8.95. The largest absolute Gasteiger partial charge is 0.330 e. The minimum atomic E-state index is 0.554. The fourth-order valence-corrected chi connectivity index (χ4v) is 2.00. The smallest absolute Gasteiger partial charge is 0.129 e. The van der Waals surface area contributed by atoms with Crippen molar-refractivity contribution in [3.05, 3.63) is 23.8 Å². The third-order valence-corrected chi connectivity index (χ3v) is 2.81. The summed E-state index contributed by atoms with van der Waals surface area (Å²) in [6.45, 7) is 2.79. The van der Waals surface area contributed by atoms with Gasteiger partial charge in [-0.1, -0.05) is 0 Å². The first kappa shape index (κ1) is 10.5. The van der Waals surface area contributed by atoms with Crippen molar-refractivity contribution in [2.45, 2.75) is 25.2 Å². The van der Waals surface area contributed by atoms with Crippen LogP contribution in [0.1, 0.15) is 30.3 Å². The van der Waals surface area contributed by atoms with Crippen molar-refractivity contribution in [2.24, 2.45) is 5.73 Å². The number of piperidine rings is 1. The molecule has 0 amide bonds. The number of nitrogens with one attached hydrogen (secondary N) is 1. The molecule has 0 saturated carbocycles. The van der Waals surface area contributed by atoms with Crippen molar-refractivity contribution in [1.29, 1.82) is 0 Å².